The van der Waals surface area contributed by atoms with Crippen molar-refractivity contribution in [2.75, 3.05) is 33.4 Å². The molecule has 0 fully saturated rings. The predicted molar refractivity (Wildman–Crippen MR) is 83.7 cm³/mol. The summed E-state index contributed by atoms with van der Waals surface area (Å²) in [7, 11) is 1.70. The van der Waals surface area contributed by atoms with Gasteiger partial charge >= 0.3 is 0 Å². The molecule has 20 heavy (non-hydrogen) atoms. The van der Waals surface area contributed by atoms with Crippen LogP contribution in [0, 0.1) is 0 Å². The quantitative estimate of drug-likeness (QED) is 0.569. The van der Waals surface area contributed by atoms with E-state index in [0.29, 0.717) is 19.2 Å². The molecule has 5 nitrogen and oxygen atoms in total. The van der Waals surface area contributed by atoms with Crippen LogP contribution < -0.4 is 11.1 Å². The molecule has 1 unspecified atom stereocenters. The van der Waals surface area contributed by atoms with E-state index in [1.54, 1.807) is 7.11 Å². The van der Waals surface area contributed by atoms with E-state index < -0.39 is 5.54 Å². The Bertz CT molecular complexity index is 270. The van der Waals surface area contributed by atoms with Gasteiger partial charge in [-0.1, -0.05) is 20.8 Å². The van der Waals surface area contributed by atoms with Gasteiger partial charge in [0.15, 0.2) is 0 Å². The van der Waals surface area contributed by atoms with Crippen molar-refractivity contribution in [3.8, 4) is 0 Å². The van der Waals surface area contributed by atoms with Crippen LogP contribution in [-0.4, -0.2) is 55.7 Å². The van der Waals surface area contributed by atoms with Crippen LogP contribution >= 0.6 is 0 Å². The third-order valence-corrected chi connectivity index (χ3v) is 3.87. The Kier molecular flexibility index (Phi) is 9.80. The molecule has 0 bridgehead atoms. The normalized spacial score (nSPS) is 14.8. The Balaban J connectivity index is 4.90. The molecule has 5 heteroatoms. The largest absolute Gasteiger partial charge is 0.383 e. The fraction of sp³-hybridized carbons (Fsp3) is 0.933. The standard InChI is InChI=1S/C15H33N3O2/c1-6-9-17-15(4,14(16)19)12-18(10-11-20-5)13(7-2)8-3/h13,17H,6-12H2,1-5H3,(H2,16,19). The molecule has 0 heterocycles. The number of nitrogens with zero attached hydrogens (tertiary/aromatic N) is 1. The minimum absolute atomic E-state index is 0.292. The first kappa shape index (κ1) is 19.4. The number of nitrogens with two attached hydrogens (primary N) is 1. The highest BCUT2D eigenvalue weighted by Gasteiger charge is 2.34. The summed E-state index contributed by atoms with van der Waals surface area (Å²) in [4.78, 5) is 14.2. The minimum atomic E-state index is -0.688. The van der Waals surface area contributed by atoms with Gasteiger partial charge in [-0.15, -0.1) is 0 Å². The van der Waals surface area contributed by atoms with Gasteiger partial charge in [0, 0.05) is 26.2 Å². The molecule has 0 radical (unpaired) electrons. The van der Waals surface area contributed by atoms with E-state index in [9.17, 15) is 4.79 Å². The minimum Gasteiger partial charge on any atom is -0.383 e. The zero-order valence-electron chi connectivity index (χ0n) is 13.9. The Morgan fingerprint density at radius 3 is 2.35 bits per heavy atom. The highest BCUT2D eigenvalue weighted by Crippen LogP contribution is 2.14. The van der Waals surface area contributed by atoms with E-state index in [1.165, 1.54) is 0 Å². The molecule has 1 amide bonds. The van der Waals surface area contributed by atoms with Crippen LogP contribution in [0.1, 0.15) is 47.0 Å². The zero-order valence-corrected chi connectivity index (χ0v) is 13.9. The van der Waals surface area contributed by atoms with E-state index in [0.717, 1.165) is 32.4 Å². The molecule has 0 aliphatic heterocycles. The third kappa shape index (κ3) is 6.20. The molecule has 0 aromatic rings. The molecule has 0 saturated carbocycles. The van der Waals surface area contributed by atoms with Crippen LogP contribution in [0.3, 0.4) is 0 Å². The molecule has 1 atom stereocenters. The van der Waals surface area contributed by atoms with Crippen molar-refractivity contribution in [1.82, 2.24) is 10.2 Å². The Hall–Kier alpha value is -0.650. The molecule has 3 N–H and O–H groups in total. The van der Waals surface area contributed by atoms with Crippen molar-refractivity contribution in [2.45, 2.75) is 58.5 Å². The highest BCUT2D eigenvalue weighted by molar-refractivity contribution is 5.84. The Morgan fingerprint density at radius 2 is 1.95 bits per heavy atom. The number of carbonyl (C=O) groups is 1. The number of methoxy groups -OCH3 is 1. The van der Waals surface area contributed by atoms with Gasteiger partial charge in [-0.2, -0.15) is 0 Å². The summed E-state index contributed by atoms with van der Waals surface area (Å²) < 4.78 is 5.19. The van der Waals surface area contributed by atoms with E-state index in [4.69, 9.17) is 10.5 Å². The van der Waals surface area contributed by atoms with Crippen molar-refractivity contribution in [3.05, 3.63) is 0 Å². The monoisotopic (exact) mass is 287 g/mol. The third-order valence-electron chi connectivity index (χ3n) is 3.87. The number of carbonyl (C=O) groups excluding carboxylic acids is 1. The Morgan fingerprint density at radius 1 is 1.35 bits per heavy atom. The summed E-state index contributed by atoms with van der Waals surface area (Å²) in [5.41, 5.74) is 4.92. The summed E-state index contributed by atoms with van der Waals surface area (Å²) in [6, 6.07) is 0.451. The first-order valence-electron chi connectivity index (χ1n) is 7.73. The summed E-state index contributed by atoms with van der Waals surface area (Å²) >= 11 is 0. The van der Waals surface area contributed by atoms with Gasteiger partial charge in [-0.25, -0.2) is 0 Å². The topological polar surface area (TPSA) is 67.6 Å². The maximum atomic E-state index is 11.8. The molecule has 0 spiro atoms. The second kappa shape index (κ2) is 10.1. The van der Waals surface area contributed by atoms with Crippen LogP contribution in [0.25, 0.3) is 0 Å². The Labute approximate surface area is 124 Å². The summed E-state index contributed by atoms with van der Waals surface area (Å²) in [6.07, 6.45) is 3.09. The fourth-order valence-corrected chi connectivity index (χ4v) is 2.43. The van der Waals surface area contributed by atoms with Gasteiger partial charge in [0.25, 0.3) is 0 Å². The second-order valence-corrected chi connectivity index (χ2v) is 5.56. The van der Waals surface area contributed by atoms with Gasteiger partial charge in [0.1, 0.15) is 5.54 Å². The van der Waals surface area contributed by atoms with Crippen LogP contribution in [-0.2, 0) is 9.53 Å². The van der Waals surface area contributed by atoms with Gasteiger partial charge in [-0.05, 0) is 32.7 Å². The lowest BCUT2D eigenvalue weighted by molar-refractivity contribution is -0.125. The predicted octanol–water partition coefficient (Wildman–Crippen LogP) is 1.37. The van der Waals surface area contributed by atoms with Crippen molar-refractivity contribution >= 4 is 5.91 Å². The number of primary amides is 1. The van der Waals surface area contributed by atoms with Crippen molar-refractivity contribution < 1.29 is 9.53 Å². The molecule has 0 aromatic carbocycles. The lowest BCUT2D eigenvalue weighted by Crippen LogP contribution is -2.61. The number of ether oxygens (including phenoxy) is 1. The summed E-state index contributed by atoms with van der Waals surface area (Å²) in [6.45, 7) is 11.2. The van der Waals surface area contributed by atoms with Crippen LogP contribution in [0.2, 0.25) is 0 Å². The number of nitrogens with one attached hydrogen (secondary N) is 1. The first-order valence-corrected chi connectivity index (χ1v) is 7.73. The molecule has 0 rings (SSSR count). The number of amides is 1. The van der Waals surface area contributed by atoms with E-state index in [1.807, 2.05) is 6.92 Å². The maximum Gasteiger partial charge on any atom is 0.238 e. The second-order valence-electron chi connectivity index (χ2n) is 5.56. The highest BCUT2D eigenvalue weighted by atomic mass is 16.5. The van der Waals surface area contributed by atoms with Gasteiger partial charge < -0.3 is 15.8 Å². The molecule has 120 valence electrons. The van der Waals surface area contributed by atoms with Gasteiger partial charge in [0.05, 0.1) is 6.61 Å². The van der Waals surface area contributed by atoms with Gasteiger partial charge in [0.2, 0.25) is 5.91 Å². The zero-order chi connectivity index (χ0) is 15.6. The van der Waals surface area contributed by atoms with E-state index in [-0.39, 0.29) is 5.91 Å². The van der Waals surface area contributed by atoms with Crippen LogP contribution in [0.15, 0.2) is 0 Å². The van der Waals surface area contributed by atoms with E-state index in [2.05, 4.69) is 31.0 Å². The molecule has 0 aromatic heterocycles. The smallest absolute Gasteiger partial charge is 0.238 e. The first-order chi connectivity index (χ1) is 9.45. The molecule has 0 aliphatic rings. The van der Waals surface area contributed by atoms with Crippen LogP contribution in [0.4, 0.5) is 0 Å². The number of hydrogen-bond donors (Lipinski definition) is 2. The van der Waals surface area contributed by atoms with Crippen molar-refractivity contribution in [2.24, 2.45) is 5.73 Å². The lowest BCUT2D eigenvalue weighted by Gasteiger charge is -2.38. The number of rotatable bonds is 12. The SMILES string of the molecule is CCCNC(C)(CN(CCOC)C(CC)CC)C(N)=O. The van der Waals surface area contributed by atoms with Crippen molar-refractivity contribution in [1.29, 1.82) is 0 Å². The number of hydrogen-bond acceptors (Lipinski definition) is 4. The summed E-state index contributed by atoms with van der Waals surface area (Å²) in [5.74, 6) is -0.292. The average molecular weight is 287 g/mol. The molecular formula is C15H33N3O2. The molecule has 0 aliphatic carbocycles. The summed E-state index contributed by atoms with van der Waals surface area (Å²) in [5, 5.41) is 3.30. The lowest BCUT2D eigenvalue weighted by atomic mass is 9.98. The van der Waals surface area contributed by atoms with Crippen molar-refractivity contribution in [3.63, 3.8) is 0 Å². The molecule has 0 saturated heterocycles. The maximum absolute atomic E-state index is 11.8. The van der Waals surface area contributed by atoms with Crippen LogP contribution in [0.5, 0.6) is 0 Å². The van der Waals surface area contributed by atoms with Gasteiger partial charge in [-0.3, -0.25) is 9.69 Å². The fourth-order valence-electron chi connectivity index (χ4n) is 2.43. The molecular weight excluding hydrogens is 254 g/mol. The average Bonchev–Trinajstić information content (AvgIpc) is 2.43. The van der Waals surface area contributed by atoms with E-state index >= 15 is 0 Å².